The third-order valence-electron chi connectivity index (χ3n) is 4.33. The van der Waals surface area contributed by atoms with Crippen LogP contribution in [0.1, 0.15) is 15.9 Å². The molecule has 0 bridgehead atoms. The van der Waals surface area contributed by atoms with Crippen molar-refractivity contribution in [1.82, 2.24) is 0 Å². The van der Waals surface area contributed by atoms with Gasteiger partial charge in [-0.15, -0.1) is 0 Å². The minimum atomic E-state index is -0.0457. The van der Waals surface area contributed by atoms with E-state index in [1.807, 2.05) is 54.6 Å². The molecule has 3 aromatic rings. The molecule has 26 heavy (non-hydrogen) atoms. The average molecular weight is 346 g/mol. The number of fused-ring (bicyclic) bond motifs is 2. The first-order valence-electron chi connectivity index (χ1n) is 8.44. The lowest BCUT2D eigenvalue weighted by molar-refractivity contribution is 0.104. The van der Waals surface area contributed by atoms with E-state index in [2.05, 4.69) is 0 Å². The fraction of sp³-hybridized carbons (Fsp3) is 0.136. The Hall–Kier alpha value is -3.27. The van der Waals surface area contributed by atoms with E-state index < -0.39 is 0 Å². The molecule has 4 rings (SSSR count). The molecule has 1 heterocycles. The van der Waals surface area contributed by atoms with Gasteiger partial charge in [0.25, 0.3) is 0 Å². The lowest BCUT2D eigenvalue weighted by Crippen LogP contribution is -2.16. The monoisotopic (exact) mass is 346 g/mol. The highest BCUT2D eigenvalue weighted by Gasteiger charge is 2.18. The number of ketones is 1. The van der Waals surface area contributed by atoms with Crippen molar-refractivity contribution in [2.45, 2.75) is 0 Å². The van der Waals surface area contributed by atoms with Crippen LogP contribution in [-0.4, -0.2) is 26.1 Å². The second-order valence-corrected chi connectivity index (χ2v) is 5.97. The van der Waals surface area contributed by atoms with Gasteiger partial charge in [-0.3, -0.25) is 4.79 Å². The number of carbonyl (C=O) groups excluding carboxylic acids is 1. The number of carbonyl (C=O) groups is 1. The molecule has 130 valence electrons. The summed E-state index contributed by atoms with van der Waals surface area (Å²) in [6.45, 7) is 0.996. The SMILES string of the molecule is COc1cc(/C=C/C(=O)c2cccc3ccccc23)cc2c1OCCO2. The third kappa shape index (κ3) is 3.02. The van der Waals surface area contributed by atoms with Gasteiger partial charge in [0.05, 0.1) is 7.11 Å². The van der Waals surface area contributed by atoms with Crippen molar-refractivity contribution < 1.29 is 19.0 Å². The summed E-state index contributed by atoms with van der Waals surface area (Å²) in [4.78, 5) is 12.7. The summed E-state index contributed by atoms with van der Waals surface area (Å²) in [6.07, 6.45) is 3.34. The first-order valence-corrected chi connectivity index (χ1v) is 8.44. The molecule has 0 saturated carbocycles. The summed E-state index contributed by atoms with van der Waals surface area (Å²) in [5.41, 5.74) is 1.50. The van der Waals surface area contributed by atoms with Crippen LogP contribution in [0, 0.1) is 0 Å². The number of hydrogen-bond acceptors (Lipinski definition) is 4. The van der Waals surface area contributed by atoms with Crippen molar-refractivity contribution in [1.29, 1.82) is 0 Å². The molecule has 4 nitrogen and oxygen atoms in total. The molecule has 0 radical (unpaired) electrons. The molecule has 0 unspecified atom stereocenters. The van der Waals surface area contributed by atoms with Crippen LogP contribution in [0.25, 0.3) is 16.8 Å². The van der Waals surface area contributed by atoms with Crippen LogP contribution in [0.15, 0.2) is 60.7 Å². The van der Waals surface area contributed by atoms with Crippen molar-refractivity contribution in [2.75, 3.05) is 20.3 Å². The van der Waals surface area contributed by atoms with Gasteiger partial charge in [0.2, 0.25) is 5.75 Å². The van der Waals surface area contributed by atoms with Gasteiger partial charge in [0, 0.05) is 5.56 Å². The van der Waals surface area contributed by atoms with Gasteiger partial charge in [-0.25, -0.2) is 0 Å². The summed E-state index contributed by atoms with van der Waals surface area (Å²) >= 11 is 0. The molecule has 0 amide bonds. The summed E-state index contributed by atoms with van der Waals surface area (Å²) < 4.78 is 16.6. The molecular formula is C22H18O4. The fourth-order valence-electron chi connectivity index (χ4n) is 3.09. The molecule has 4 heteroatoms. The molecular weight excluding hydrogens is 328 g/mol. The standard InChI is InChI=1S/C22H18O4/c1-24-20-13-15(14-21-22(20)26-12-11-25-21)9-10-19(23)18-8-4-6-16-5-2-3-7-17(16)18/h2-10,13-14H,11-12H2,1H3/b10-9+. The molecule has 0 saturated heterocycles. The van der Waals surface area contributed by atoms with E-state index in [4.69, 9.17) is 14.2 Å². The Bertz CT molecular complexity index is 982. The van der Waals surface area contributed by atoms with Gasteiger partial charge in [-0.1, -0.05) is 48.5 Å². The summed E-state index contributed by atoms with van der Waals surface area (Å²) in [5.74, 6) is 1.79. The molecule has 0 fully saturated rings. The molecule has 0 spiro atoms. The van der Waals surface area contributed by atoms with Crippen LogP contribution in [-0.2, 0) is 0 Å². The Kier molecular flexibility index (Phi) is 4.32. The van der Waals surface area contributed by atoms with Crippen LogP contribution in [0.3, 0.4) is 0 Å². The molecule has 3 aromatic carbocycles. The van der Waals surface area contributed by atoms with Gasteiger partial charge in [0.15, 0.2) is 17.3 Å². The van der Waals surface area contributed by atoms with Crippen LogP contribution in [0.4, 0.5) is 0 Å². The number of methoxy groups -OCH3 is 1. The van der Waals surface area contributed by atoms with E-state index in [-0.39, 0.29) is 5.78 Å². The van der Waals surface area contributed by atoms with Crippen molar-refractivity contribution in [3.8, 4) is 17.2 Å². The van der Waals surface area contributed by atoms with E-state index in [1.54, 1.807) is 19.3 Å². The van der Waals surface area contributed by atoms with E-state index >= 15 is 0 Å². The van der Waals surface area contributed by atoms with Crippen LogP contribution >= 0.6 is 0 Å². The highest BCUT2D eigenvalue weighted by Crippen LogP contribution is 2.40. The first kappa shape index (κ1) is 16.2. The maximum atomic E-state index is 12.7. The highest BCUT2D eigenvalue weighted by atomic mass is 16.6. The normalized spacial score (nSPS) is 13.1. The fourth-order valence-corrected chi connectivity index (χ4v) is 3.09. The van der Waals surface area contributed by atoms with E-state index in [0.29, 0.717) is 36.0 Å². The van der Waals surface area contributed by atoms with Crippen molar-refractivity contribution in [2.24, 2.45) is 0 Å². The van der Waals surface area contributed by atoms with E-state index in [1.165, 1.54) is 0 Å². The predicted octanol–water partition coefficient (Wildman–Crippen LogP) is 4.52. The number of ether oxygens (including phenoxy) is 3. The maximum absolute atomic E-state index is 12.7. The number of hydrogen-bond donors (Lipinski definition) is 0. The molecule has 0 aliphatic carbocycles. The van der Waals surface area contributed by atoms with E-state index in [0.717, 1.165) is 16.3 Å². The smallest absolute Gasteiger partial charge is 0.203 e. The molecule has 0 atom stereocenters. The quantitative estimate of drug-likeness (QED) is 0.515. The van der Waals surface area contributed by atoms with Crippen LogP contribution < -0.4 is 14.2 Å². The highest BCUT2D eigenvalue weighted by molar-refractivity contribution is 6.14. The lowest BCUT2D eigenvalue weighted by Gasteiger charge is -2.20. The Morgan fingerprint density at radius 3 is 2.73 bits per heavy atom. The maximum Gasteiger partial charge on any atom is 0.203 e. The zero-order chi connectivity index (χ0) is 17.9. The Morgan fingerprint density at radius 1 is 1.04 bits per heavy atom. The Morgan fingerprint density at radius 2 is 1.85 bits per heavy atom. The minimum absolute atomic E-state index is 0.0457. The molecule has 1 aliphatic rings. The van der Waals surface area contributed by atoms with Crippen LogP contribution in [0.2, 0.25) is 0 Å². The van der Waals surface area contributed by atoms with Gasteiger partial charge in [-0.2, -0.15) is 0 Å². The second-order valence-electron chi connectivity index (χ2n) is 5.97. The third-order valence-corrected chi connectivity index (χ3v) is 4.33. The topological polar surface area (TPSA) is 44.8 Å². The van der Waals surface area contributed by atoms with Crippen molar-refractivity contribution in [3.05, 3.63) is 71.8 Å². The summed E-state index contributed by atoms with van der Waals surface area (Å²) in [6, 6.07) is 17.3. The molecule has 1 aliphatic heterocycles. The minimum Gasteiger partial charge on any atom is -0.493 e. The average Bonchev–Trinajstić information content (AvgIpc) is 2.70. The second kappa shape index (κ2) is 6.92. The number of allylic oxidation sites excluding steroid dienone is 1. The number of benzene rings is 3. The zero-order valence-electron chi connectivity index (χ0n) is 14.4. The number of rotatable bonds is 4. The van der Waals surface area contributed by atoms with Crippen molar-refractivity contribution >= 4 is 22.6 Å². The van der Waals surface area contributed by atoms with Crippen molar-refractivity contribution in [3.63, 3.8) is 0 Å². The van der Waals surface area contributed by atoms with Gasteiger partial charge < -0.3 is 14.2 Å². The van der Waals surface area contributed by atoms with Gasteiger partial charge in [-0.05, 0) is 34.5 Å². The lowest BCUT2D eigenvalue weighted by atomic mass is 10.0. The molecule has 0 aromatic heterocycles. The molecule has 0 N–H and O–H groups in total. The Labute approximate surface area is 151 Å². The summed E-state index contributed by atoms with van der Waals surface area (Å²) in [7, 11) is 1.59. The first-order chi connectivity index (χ1) is 12.8. The van der Waals surface area contributed by atoms with Gasteiger partial charge in [0.1, 0.15) is 13.2 Å². The Balaban J connectivity index is 1.66. The van der Waals surface area contributed by atoms with Crippen LogP contribution in [0.5, 0.6) is 17.2 Å². The summed E-state index contributed by atoms with van der Waals surface area (Å²) in [5, 5.41) is 2.00. The van der Waals surface area contributed by atoms with E-state index in [9.17, 15) is 4.79 Å². The zero-order valence-corrected chi connectivity index (χ0v) is 14.4. The predicted molar refractivity (Wildman–Crippen MR) is 101 cm³/mol. The van der Waals surface area contributed by atoms with Gasteiger partial charge >= 0.3 is 0 Å². The largest absolute Gasteiger partial charge is 0.493 e.